The third-order valence-corrected chi connectivity index (χ3v) is 5.32. The van der Waals surface area contributed by atoms with Crippen molar-refractivity contribution < 1.29 is 14.3 Å². The zero-order valence-electron chi connectivity index (χ0n) is 20.0. The van der Waals surface area contributed by atoms with Crippen LogP contribution in [0.1, 0.15) is 42.7 Å². The maximum absolute atomic E-state index is 12.9. The van der Waals surface area contributed by atoms with Crippen LogP contribution < -0.4 is 20.5 Å². The van der Waals surface area contributed by atoms with Gasteiger partial charge in [0.05, 0.1) is 18.9 Å². The van der Waals surface area contributed by atoms with Crippen molar-refractivity contribution in [2.45, 2.75) is 33.6 Å². The van der Waals surface area contributed by atoms with Gasteiger partial charge in [-0.05, 0) is 37.5 Å². The molecule has 1 aliphatic rings. The highest BCUT2D eigenvalue weighted by atomic mass is 16.5. The number of hydrazine groups is 1. The Morgan fingerprint density at radius 3 is 2.61 bits per heavy atom. The molecule has 2 heterocycles. The highest BCUT2D eigenvalue weighted by Crippen LogP contribution is 2.18. The Morgan fingerprint density at radius 1 is 1.15 bits per heavy atom. The van der Waals surface area contributed by atoms with E-state index in [1.165, 1.54) is 0 Å². The van der Waals surface area contributed by atoms with E-state index in [-0.39, 0.29) is 17.6 Å². The van der Waals surface area contributed by atoms with Gasteiger partial charge in [-0.25, -0.2) is 0 Å². The number of aryl methyl sites for hydroxylation is 1. The van der Waals surface area contributed by atoms with Crippen molar-refractivity contribution in [2.75, 3.05) is 62.9 Å². The van der Waals surface area contributed by atoms with Gasteiger partial charge in [0.2, 0.25) is 0 Å². The lowest BCUT2D eigenvalue weighted by atomic mass is 10.2. The molecule has 1 aromatic heterocycles. The molecule has 0 bridgehead atoms. The number of morpholine rings is 1. The van der Waals surface area contributed by atoms with Gasteiger partial charge in [-0.1, -0.05) is 26.0 Å². The number of carbonyl (C=O) groups is 1. The fourth-order valence-corrected chi connectivity index (χ4v) is 3.64. The zero-order chi connectivity index (χ0) is 23.5. The van der Waals surface area contributed by atoms with E-state index in [4.69, 9.17) is 9.47 Å². The summed E-state index contributed by atoms with van der Waals surface area (Å²) in [5.74, 6) is 0.363. The Balaban J connectivity index is 1.72. The van der Waals surface area contributed by atoms with E-state index in [0.29, 0.717) is 12.4 Å². The molecule has 2 aromatic rings. The van der Waals surface area contributed by atoms with Crippen LogP contribution >= 0.6 is 0 Å². The Hall–Kier alpha value is -2.91. The van der Waals surface area contributed by atoms with E-state index in [9.17, 15) is 4.79 Å². The standard InChI is InChI=1S/C24H36N6O3/c1-4-9-30(10-5-2)22-18-21(23(31)28-27-20-8-6-7-19(3)17-20)25-24(26-22)33-16-13-29-11-14-32-15-12-29/h6-8,17-18,27H,4-5,9-16H2,1-3H3,(H,28,31). The van der Waals surface area contributed by atoms with Gasteiger partial charge in [0.15, 0.2) is 0 Å². The summed E-state index contributed by atoms with van der Waals surface area (Å²) in [6.07, 6.45) is 1.96. The van der Waals surface area contributed by atoms with Crippen molar-refractivity contribution in [3.8, 4) is 6.01 Å². The summed E-state index contributed by atoms with van der Waals surface area (Å²) >= 11 is 0. The highest BCUT2D eigenvalue weighted by Gasteiger charge is 2.17. The average molecular weight is 457 g/mol. The number of nitrogens with one attached hydrogen (secondary N) is 2. The van der Waals surface area contributed by atoms with Crippen molar-refractivity contribution in [2.24, 2.45) is 0 Å². The van der Waals surface area contributed by atoms with Gasteiger partial charge in [-0.3, -0.25) is 20.5 Å². The first kappa shape index (κ1) is 24.7. The molecule has 180 valence electrons. The summed E-state index contributed by atoms with van der Waals surface area (Å²) in [6, 6.07) is 9.73. The normalized spacial score (nSPS) is 14.0. The first-order valence-electron chi connectivity index (χ1n) is 11.8. The first-order valence-corrected chi connectivity index (χ1v) is 11.8. The Bertz CT molecular complexity index is 882. The minimum absolute atomic E-state index is 0.221. The van der Waals surface area contributed by atoms with Crippen LogP contribution in [-0.4, -0.2) is 73.3 Å². The minimum atomic E-state index is -0.342. The molecular formula is C24H36N6O3. The smallest absolute Gasteiger partial charge is 0.319 e. The van der Waals surface area contributed by atoms with Crippen LogP contribution in [0.15, 0.2) is 30.3 Å². The summed E-state index contributed by atoms with van der Waals surface area (Å²) in [5.41, 5.74) is 7.86. The molecule has 0 saturated carbocycles. The maximum atomic E-state index is 12.9. The molecule has 2 N–H and O–H groups in total. The molecule has 1 aromatic carbocycles. The average Bonchev–Trinajstić information content (AvgIpc) is 2.83. The first-order chi connectivity index (χ1) is 16.1. The fourth-order valence-electron chi connectivity index (χ4n) is 3.64. The third-order valence-electron chi connectivity index (χ3n) is 5.32. The van der Waals surface area contributed by atoms with Gasteiger partial charge < -0.3 is 14.4 Å². The van der Waals surface area contributed by atoms with Crippen molar-refractivity contribution in [3.63, 3.8) is 0 Å². The van der Waals surface area contributed by atoms with Gasteiger partial charge in [-0.2, -0.15) is 9.97 Å². The van der Waals surface area contributed by atoms with Crippen molar-refractivity contribution in [3.05, 3.63) is 41.6 Å². The van der Waals surface area contributed by atoms with Crippen molar-refractivity contribution >= 4 is 17.4 Å². The molecule has 9 heteroatoms. The van der Waals surface area contributed by atoms with E-state index in [0.717, 1.165) is 70.0 Å². The second-order valence-electron chi connectivity index (χ2n) is 8.13. The van der Waals surface area contributed by atoms with Crippen LogP contribution in [-0.2, 0) is 4.74 Å². The molecule has 3 rings (SSSR count). The summed E-state index contributed by atoms with van der Waals surface area (Å²) in [6.45, 7) is 12.4. The number of hydrogen-bond acceptors (Lipinski definition) is 8. The van der Waals surface area contributed by atoms with Gasteiger partial charge >= 0.3 is 6.01 Å². The number of hydrogen-bond donors (Lipinski definition) is 2. The van der Waals surface area contributed by atoms with Crippen LogP contribution in [0.4, 0.5) is 11.5 Å². The number of carbonyl (C=O) groups excluding carboxylic acids is 1. The van der Waals surface area contributed by atoms with Gasteiger partial charge in [0.1, 0.15) is 18.1 Å². The van der Waals surface area contributed by atoms with Crippen LogP contribution in [0.2, 0.25) is 0 Å². The summed E-state index contributed by atoms with van der Waals surface area (Å²) in [7, 11) is 0. The molecule has 1 fully saturated rings. The number of aromatic nitrogens is 2. The van der Waals surface area contributed by atoms with Crippen LogP contribution in [0, 0.1) is 6.92 Å². The van der Waals surface area contributed by atoms with E-state index in [1.54, 1.807) is 6.07 Å². The number of nitrogens with zero attached hydrogens (tertiary/aromatic N) is 4. The van der Waals surface area contributed by atoms with E-state index in [2.05, 4.69) is 44.5 Å². The molecule has 33 heavy (non-hydrogen) atoms. The molecule has 1 saturated heterocycles. The number of rotatable bonds is 12. The van der Waals surface area contributed by atoms with E-state index < -0.39 is 0 Å². The van der Waals surface area contributed by atoms with E-state index >= 15 is 0 Å². The van der Waals surface area contributed by atoms with Crippen LogP contribution in [0.5, 0.6) is 6.01 Å². The van der Waals surface area contributed by atoms with Gasteiger partial charge in [-0.15, -0.1) is 0 Å². The maximum Gasteiger partial charge on any atom is 0.319 e. The molecule has 9 nitrogen and oxygen atoms in total. The molecule has 0 atom stereocenters. The van der Waals surface area contributed by atoms with E-state index in [1.807, 2.05) is 31.2 Å². The highest BCUT2D eigenvalue weighted by molar-refractivity contribution is 5.93. The summed E-state index contributed by atoms with van der Waals surface area (Å²) in [4.78, 5) is 26.4. The van der Waals surface area contributed by atoms with Gasteiger partial charge in [0, 0.05) is 38.8 Å². The summed E-state index contributed by atoms with van der Waals surface area (Å²) < 4.78 is 11.3. The number of amides is 1. The Kier molecular flexibility index (Phi) is 9.71. The molecule has 0 spiro atoms. The molecule has 0 unspecified atom stereocenters. The molecule has 1 amide bonds. The van der Waals surface area contributed by atoms with Crippen LogP contribution in [0.3, 0.4) is 0 Å². The molecule has 1 aliphatic heterocycles. The van der Waals surface area contributed by atoms with Gasteiger partial charge in [0.25, 0.3) is 5.91 Å². The zero-order valence-corrected chi connectivity index (χ0v) is 20.0. The van der Waals surface area contributed by atoms with Crippen molar-refractivity contribution in [1.29, 1.82) is 0 Å². The lowest BCUT2D eigenvalue weighted by Gasteiger charge is -2.26. The molecule has 0 radical (unpaired) electrons. The number of anilines is 2. The largest absolute Gasteiger partial charge is 0.462 e. The fraction of sp³-hybridized carbons (Fsp3) is 0.542. The summed E-state index contributed by atoms with van der Waals surface area (Å²) in [5, 5.41) is 0. The predicted octanol–water partition coefficient (Wildman–Crippen LogP) is 2.88. The topological polar surface area (TPSA) is 91.9 Å². The lowest BCUT2D eigenvalue weighted by molar-refractivity contribution is 0.0317. The molecule has 0 aliphatic carbocycles. The minimum Gasteiger partial charge on any atom is -0.462 e. The number of ether oxygens (including phenoxy) is 2. The van der Waals surface area contributed by atoms with Crippen molar-refractivity contribution in [1.82, 2.24) is 20.3 Å². The Morgan fingerprint density at radius 2 is 1.91 bits per heavy atom. The Labute approximate surface area is 196 Å². The third kappa shape index (κ3) is 7.87. The second-order valence-corrected chi connectivity index (χ2v) is 8.13. The predicted molar refractivity (Wildman–Crippen MR) is 130 cm³/mol. The second kappa shape index (κ2) is 13.0. The SMILES string of the molecule is CCCN(CCC)c1cc(C(=O)NNc2cccc(C)c2)nc(OCCN2CCOCC2)n1. The lowest BCUT2D eigenvalue weighted by Crippen LogP contribution is -2.38. The number of benzene rings is 1. The van der Waals surface area contributed by atoms with Crippen LogP contribution in [0.25, 0.3) is 0 Å². The quantitative estimate of drug-likeness (QED) is 0.471. The molecular weight excluding hydrogens is 420 g/mol. The monoisotopic (exact) mass is 456 g/mol.